The first kappa shape index (κ1) is 17.7. The molecule has 4 rings (SSSR count). The highest BCUT2D eigenvalue weighted by Gasteiger charge is 2.36. The third kappa shape index (κ3) is 3.74. The fourth-order valence-electron chi connectivity index (χ4n) is 3.15. The fourth-order valence-corrected chi connectivity index (χ4v) is 3.86. The Morgan fingerprint density at radius 1 is 1.37 bits per heavy atom. The van der Waals surface area contributed by atoms with Gasteiger partial charge in [0.15, 0.2) is 16.6 Å². The summed E-state index contributed by atoms with van der Waals surface area (Å²) in [5, 5.41) is 5.32. The molecule has 1 atom stereocenters. The molecule has 2 aromatic rings. The van der Waals surface area contributed by atoms with Crippen LogP contribution < -0.4 is 19.7 Å². The minimum absolute atomic E-state index is 0.0820. The normalized spacial score (nSPS) is 18.4. The molecule has 3 heterocycles. The van der Waals surface area contributed by atoms with Crippen LogP contribution >= 0.6 is 11.3 Å². The molecule has 1 saturated heterocycles. The average Bonchev–Trinajstić information content (AvgIpc) is 3.33. The van der Waals surface area contributed by atoms with E-state index in [0.717, 1.165) is 5.69 Å². The van der Waals surface area contributed by atoms with Crippen molar-refractivity contribution < 1.29 is 19.1 Å². The predicted octanol–water partition coefficient (Wildman–Crippen LogP) is 1.93. The number of nitrogens with zero attached hydrogens (tertiary/aromatic N) is 3. The number of carbonyl (C=O) groups is 2. The van der Waals surface area contributed by atoms with Gasteiger partial charge in [-0.25, -0.2) is 4.98 Å². The van der Waals surface area contributed by atoms with Gasteiger partial charge in [0.1, 0.15) is 0 Å². The molecule has 2 aliphatic heterocycles. The first-order valence-electron chi connectivity index (χ1n) is 8.59. The van der Waals surface area contributed by atoms with Gasteiger partial charge in [-0.05, 0) is 26.2 Å². The number of amides is 2. The maximum atomic E-state index is 12.6. The second kappa shape index (κ2) is 7.16. The summed E-state index contributed by atoms with van der Waals surface area (Å²) in [6, 6.07) is 5.36. The number of rotatable bonds is 5. The molecule has 9 heteroatoms. The van der Waals surface area contributed by atoms with Crippen molar-refractivity contribution in [2.45, 2.75) is 13.0 Å². The number of hydrogen-bond acceptors (Lipinski definition) is 7. The molecule has 0 aliphatic carbocycles. The van der Waals surface area contributed by atoms with E-state index in [9.17, 15) is 9.59 Å². The largest absolute Gasteiger partial charge is 0.454 e. The topological polar surface area (TPSA) is 84.0 Å². The molecule has 2 aliphatic rings. The summed E-state index contributed by atoms with van der Waals surface area (Å²) < 4.78 is 10.7. The molecule has 1 fully saturated rings. The summed E-state index contributed by atoms with van der Waals surface area (Å²) in [5.41, 5.74) is 1.62. The van der Waals surface area contributed by atoms with Gasteiger partial charge in [-0.2, -0.15) is 0 Å². The smallest absolute Gasteiger partial charge is 0.231 e. The van der Waals surface area contributed by atoms with Gasteiger partial charge in [0, 0.05) is 36.6 Å². The van der Waals surface area contributed by atoms with E-state index in [-0.39, 0.29) is 25.0 Å². The van der Waals surface area contributed by atoms with Crippen molar-refractivity contribution in [1.82, 2.24) is 9.88 Å². The molecular weight excluding hydrogens is 368 g/mol. The minimum Gasteiger partial charge on any atom is -0.454 e. The lowest BCUT2D eigenvalue weighted by Gasteiger charge is -2.17. The number of nitrogens with one attached hydrogen (secondary N) is 1. The van der Waals surface area contributed by atoms with E-state index in [4.69, 9.17) is 9.47 Å². The molecule has 27 heavy (non-hydrogen) atoms. The monoisotopic (exact) mass is 388 g/mol. The molecule has 0 saturated carbocycles. The minimum atomic E-state index is -0.413. The van der Waals surface area contributed by atoms with Gasteiger partial charge in [0.25, 0.3) is 0 Å². The van der Waals surface area contributed by atoms with E-state index >= 15 is 0 Å². The highest BCUT2D eigenvalue weighted by Crippen LogP contribution is 2.37. The summed E-state index contributed by atoms with van der Waals surface area (Å²) in [6.07, 6.45) is 0.177. The number of thiazole rings is 1. The van der Waals surface area contributed by atoms with Crippen molar-refractivity contribution in [2.75, 3.05) is 37.6 Å². The zero-order chi connectivity index (χ0) is 19.0. The Balaban J connectivity index is 1.41. The van der Waals surface area contributed by atoms with Crippen LogP contribution in [0.1, 0.15) is 12.1 Å². The molecule has 0 radical (unpaired) electrons. The molecular formula is C18H20N4O4S. The molecule has 0 bridgehead atoms. The van der Waals surface area contributed by atoms with Crippen LogP contribution in [0.25, 0.3) is 0 Å². The summed E-state index contributed by atoms with van der Waals surface area (Å²) >= 11 is 1.39. The Morgan fingerprint density at radius 2 is 2.19 bits per heavy atom. The Kier molecular flexibility index (Phi) is 4.71. The van der Waals surface area contributed by atoms with Crippen LogP contribution in [-0.2, 0) is 16.1 Å². The summed E-state index contributed by atoms with van der Waals surface area (Å²) in [5.74, 6) is 0.601. The van der Waals surface area contributed by atoms with E-state index < -0.39 is 5.92 Å². The molecule has 0 spiro atoms. The highest BCUT2D eigenvalue weighted by atomic mass is 32.1. The Morgan fingerprint density at radius 3 is 3.00 bits per heavy atom. The molecule has 1 aromatic heterocycles. The van der Waals surface area contributed by atoms with Gasteiger partial charge in [-0.15, -0.1) is 11.3 Å². The number of hydrogen-bond donors (Lipinski definition) is 1. The number of ether oxygens (including phenoxy) is 2. The lowest BCUT2D eigenvalue weighted by molar-refractivity contribution is -0.122. The predicted molar refractivity (Wildman–Crippen MR) is 101 cm³/mol. The fraction of sp³-hybridized carbons (Fsp3) is 0.389. The maximum Gasteiger partial charge on any atom is 0.231 e. The van der Waals surface area contributed by atoms with Crippen LogP contribution in [-0.4, -0.2) is 49.1 Å². The Bertz CT molecular complexity index is 882. The SMILES string of the molecule is CN(C)Cc1csc(NC(=O)C2CC(=O)N(c3ccc4c(c3)OCO4)C2)n1. The van der Waals surface area contributed by atoms with E-state index in [1.807, 2.05) is 24.4 Å². The second-order valence-corrected chi connectivity index (χ2v) is 7.67. The van der Waals surface area contributed by atoms with Crippen molar-refractivity contribution in [2.24, 2.45) is 5.92 Å². The number of fused-ring (bicyclic) bond motifs is 1. The van der Waals surface area contributed by atoms with Crippen LogP contribution in [0, 0.1) is 5.92 Å². The van der Waals surface area contributed by atoms with Crippen LogP contribution in [0.2, 0.25) is 0 Å². The van der Waals surface area contributed by atoms with Gasteiger partial charge < -0.3 is 24.6 Å². The van der Waals surface area contributed by atoms with Crippen molar-refractivity contribution in [3.63, 3.8) is 0 Å². The van der Waals surface area contributed by atoms with Crippen molar-refractivity contribution in [3.8, 4) is 11.5 Å². The second-order valence-electron chi connectivity index (χ2n) is 6.81. The van der Waals surface area contributed by atoms with Crippen LogP contribution in [0.5, 0.6) is 11.5 Å². The summed E-state index contributed by atoms with van der Waals surface area (Å²) in [4.78, 5) is 33.0. The van der Waals surface area contributed by atoms with Crippen LogP contribution in [0.15, 0.2) is 23.6 Å². The summed E-state index contributed by atoms with van der Waals surface area (Å²) in [7, 11) is 3.93. The van der Waals surface area contributed by atoms with Gasteiger partial charge in [-0.3, -0.25) is 9.59 Å². The lowest BCUT2D eigenvalue weighted by Crippen LogP contribution is -2.28. The van der Waals surface area contributed by atoms with E-state index in [1.54, 1.807) is 23.1 Å². The molecule has 8 nitrogen and oxygen atoms in total. The van der Waals surface area contributed by atoms with Crippen molar-refractivity contribution in [3.05, 3.63) is 29.3 Å². The quantitative estimate of drug-likeness (QED) is 0.843. The molecule has 1 N–H and O–H groups in total. The number of benzene rings is 1. The van der Waals surface area contributed by atoms with Gasteiger partial charge in [0.2, 0.25) is 18.6 Å². The Labute approximate surface area is 160 Å². The maximum absolute atomic E-state index is 12.6. The van der Waals surface area contributed by atoms with Crippen molar-refractivity contribution in [1.29, 1.82) is 0 Å². The first-order chi connectivity index (χ1) is 13.0. The third-order valence-corrected chi connectivity index (χ3v) is 5.23. The van der Waals surface area contributed by atoms with E-state index in [1.165, 1.54) is 11.3 Å². The highest BCUT2D eigenvalue weighted by molar-refractivity contribution is 7.13. The Hall–Kier alpha value is -2.65. The van der Waals surface area contributed by atoms with E-state index in [0.29, 0.717) is 35.4 Å². The van der Waals surface area contributed by atoms with Crippen molar-refractivity contribution >= 4 is 34.0 Å². The summed E-state index contributed by atoms with van der Waals surface area (Å²) in [6.45, 7) is 1.23. The van der Waals surface area contributed by atoms with Gasteiger partial charge >= 0.3 is 0 Å². The zero-order valence-corrected chi connectivity index (χ0v) is 15.9. The molecule has 142 valence electrons. The molecule has 1 aromatic carbocycles. The third-order valence-electron chi connectivity index (χ3n) is 4.42. The molecule has 1 unspecified atom stereocenters. The first-order valence-corrected chi connectivity index (χ1v) is 9.47. The number of carbonyl (C=O) groups excluding carboxylic acids is 2. The average molecular weight is 388 g/mol. The number of aromatic nitrogens is 1. The number of anilines is 2. The van der Waals surface area contributed by atoms with Crippen LogP contribution in [0.3, 0.4) is 0 Å². The standard InChI is InChI=1S/C18H20N4O4S/c1-21(2)8-12-9-27-18(19-12)20-17(24)11-5-16(23)22(7-11)13-3-4-14-15(6-13)26-10-25-14/h3-4,6,9,11H,5,7-8,10H2,1-2H3,(H,19,20,24). The lowest BCUT2D eigenvalue weighted by atomic mass is 10.1. The molecule has 2 amide bonds. The van der Waals surface area contributed by atoms with E-state index in [2.05, 4.69) is 10.3 Å². The van der Waals surface area contributed by atoms with Gasteiger partial charge in [-0.1, -0.05) is 0 Å². The van der Waals surface area contributed by atoms with Crippen LogP contribution in [0.4, 0.5) is 10.8 Å². The van der Waals surface area contributed by atoms with Gasteiger partial charge in [0.05, 0.1) is 11.6 Å². The zero-order valence-electron chi connectivity index (χ0n) is 15.1.